The van der Waals surface area contributed by atoms with Crippen LogP contribution in [-0.2, 0) is 13.0 Å². The Morgan fingerprint density at radius 2 is 1.90 bits per heavy atom. The maximum atomic E-state index is 4.56. The molecule has 0 radical (unpaired) electrons. The number of nitrogens with zero attached hydrogens (tertiary/aromatic N) is 2. The average molecular weight is 355 g/mol. The number of hydrogen-bond acceptors (Lipinski definition) is 5. The Labute approximate surface area is 132 Å². The van der Waals surface area contributed by atoms with Gasteiger partial charge in [0.2, 0.25) is 0 Å². The lowest BCUT2D eigenvalue weighted by Gasteiger charge is -2.09. The molecule has 20 heavy (non-hydrogen) atoms. The van der Waals surface area contributed by atoms with E-state index in [1.54, 1.807) is 11.3 Å². The summed E-state index contributed by atoms with van der Waals surface area (Å²) in [6, 6.07) is 6.14. The van der Waals surface area contributed by atoms with Gasteiger partial charge in [0.15, 0.2) is 0 Å². The molecule has 2 aromatic rings. The molecule has 0 saturated carbocycles. The van der Waals surface area contributed by atoms with Crippen LogP contribution in [0.15, 0.2) is 22.0 Å². The quantitative estimate of drug-likeness (QED) is 0.778. The Hall–Kier alpha value is -1.14. The summed E-state index contributed by atoms with van der Waals surface area (Å²) in [5.41, 5.74) is 0. The molecule has 0 saturated heterocycles. The monoisotopic (exact) mass is 354 g/mol. The lowest BCUT2D eigenvalue weighted by atomic mass is 10.3. The summed E-state index contributed by atoms with van der Waals surface area (Å²) in [6.45, 7) is 5.85. The Kier molecular flexibility index (Phi) is 5.79. The predicted molar refractivity (Wildman–Crippen MR) is 89.5 cm³/mol. The van der Waals surface area contributed by atoms with Crippen LogP contribution in [0.3, 0.4) is 0 Å². The van der Waals surface area contributed by atoms with Crippen LogP contribution in [0.4, 0.5) is 11.6 Å². The van der Waals surface area contributed by atoms with Crippen molar-refractivity contribution < 1.29 is 0 Å². The van der Waals surface area contributed by atoms with E-state index in [-0.39, 0.29) is 0 Å². The summed E-state index contributed by atoms with van der Waals surface area (Å²) in [5, 5.41) is 6.62. The largest absolute Gasteiger partial charge is 0.370 e. The van der Waals surface area contributed by atoms with Crippen LogP contribution in [0.25, 0.3) is 0 Å². The minimum absolute atomic E-state index is 0.782. The molecule has 0 aliphatic carbocycles. The van der Waals surface area contributed by atoms with Gasteiger partial charge in [-0.15, -0.1) is 11.3 Å². The molecule has 0 spiro atoms. The fraction of sp³-hybridized carbons (Fsp3) is 0.429. The second kappa shape index (κ2) is 7.59. The topological polar surface area (TPSA) is 49.8 Å². The van der Waals surface area contributed by atoms with Crippen LogP contribution in [0.2, 0.25) is 0 Å². The molecule has 4 nitrogen and oxygen atoms in total. The van der Waals surface area contributed by atoms with Gasteiger partial charge in [-0.2, -0.15) is 0 Å². The average Bonchev–Trinajstić information content (AvgIpc) is 2.83. The van der Waals surface area contributed by atoms with E-state index in [1.165, 1.54) is 4.88 Å². The summed E-state index contributed by atoms with van der Waals surface area (Å²) in [7, 11) is 0. The smallest absolute Gasteiger partial charge is 0.133 e. The lowest BCUT2D eigenvalue weighted by Crippen LogP contribution is -2.07. The van der Waals surface area contributed by atoms with E-state index in [1.807, 2.05) is 6.07 Å². The molecular formula is C14H19BrN4S. The van der Waals surface area contributed by atoms with Crippen molar-refractivity contribution in [1.82, 2.24) is 9.97 Å². The van der Waals surface area contributed by atoms with E-state index in [0.29, 0.717) is 0 Å². The van der Waals surface area contributed by atoms with E-state index < -0.39 is 0 Å². The molecular weight excluding hydrogens is 336 g/mol. The first-order valence-electron chi connectivity index (χ1n) is 6.81. The third-order valence-electron chi connectivity index (χ3n) is 2.68. The first-order chi connectivity index (χ1) is 9.71. The highest BCUT2D eigenvalue weighted by molar-refractivity contribution is 9.11. The molecule has 108 valence electrons. The van der Waals surface area contributed by atoms with E-state index in [4.69, 9.17) is 0 Å². The molecule has 0 aromatic carbocycles. The maximum absolute atomic E-state index is 4.56. The van der Waals surface area contributed by atoms with Crippen molar-refractivity contribution >= 4 is 38.9 Å². The van der Waals surface area contributed by atoms with Gasteiger partial charge in [0.05, 0.1) is 10.3 Å². The molecule has 2 rings (SSSR count). The highest BCUT2D eigenvalue weighted by Crippen LogP contribution is 2.23. The summed E-state index contributed by atoms with van der Waals surface area (Å²) >= 11 is 5.21. The number of hydrogen-bond donors (Lipinski definition) is 2. The van der Waals surface area contributed by atoms with Gasteiger partial charge < -0.3 is 10.6 Å². The predicted octanol–water partition coefficient (Wildman–Crippen LogP) is 4.30. The minimum Gasteiger partial charge on any atom is -0.370 e. The van der Waals surface area contributed by atoms with Crippen molar-refractivity contribution in [3.8, 4) is 0 Å². The normalized spacial score (nSPS) is 10.6. The van der Waals surface area contributed by atoms with Crippen LogP contribution in [0.5, 0.6) is 0 Å². The third kappa shape index (κ3) is 4.45. The van der Waals surface area contributed by atoms with E-state index >= 15 is 0 Å². The van der Waals surface area contributed by atoms with Crippen molar-refractivity contribution in [2.24, 2.45) is 0 Å². The van der Waals surface area contributed by atoms with Crippen molar-refractivity contribution in [2.45, 2.75) is 33.2 Å². The van der Waals surface area contributed by atoms with Crippen LogP contribution in [0, 0.1) is 0 Å². The molecule has 2 aromatic heterocycles. The summed E-state index contributed by atoms with van der Waals surface area (Å²) < 4.78 is 1.15. The molecule has 0 aliphatic heterocycles. The SMILES string of the molecule is CCCc1nc(NCC)cc(NCc2ccc(Br)s2)n1. The molecule has 0 aliphatic rings. The fourth-order valence-electron chi connectivity index (χ4n) is 1.82. The van der Waals surface area contributed by atoms with Crippen LogP contribution in [0.1, 0.15) is 31.0 Å². The number of aromatic nitrogens is 2. The Morgan fingerprint density at radius 1 is 1.15 bits per heavy atom. The summed E-state index contributed by atoms with van der Waals surface area (Å²) in [6.07, 6.45) is 1.95. The van der Waals surface area contributed by atoms with Crippen molar-refractivity contribution in [3.63, 3.8) is 0 Å². The number of thiophene rings is 1. The molecule has 2 N–H and O–H groups in total. The van der Waals surface area contributed by atoms with Crippen molar-refractivity contribution in [3.05, 3.63) is 32.7 Å². The highest BCUT2D eigenvalue weighted by Gasteiger charge is 2.04. The van der Waals surface area contributed by atoms with Crippen LogP contribution in [-0.4, -0.2) is 16.5 Å². The Balaban J connectivity index is 2.08. The zero-order chi connectivity index (χ0) is 14.4. The van der Waals surface area contributed by atoms with Crippen LogP contribution >= 0.6 is 27.3 Å². The third-order valence-corrected chi connectivity index (χ3v) is 4.30. The minimum atomic E-state index is 0.782. The molecule has 0 fully saturated rings. The van der Waals surface area contributed by atoms with Crippen molar-refractivity contribution in [1.29, 1.82) is 0 Å². The van der Waals surface area contributed by atoms with Gasteiger partial charge in [-0.1, -0.05) is 6.92 Å². The maximum Gasteiger partial charge on any atom is 0.133 e. The summed E-state index contributed by atoms with van der Waals surface area (Å²) in [4.78, 5) is 10.3. The Bertz CT molecular complexity index is 532. The second-order valence-corrected chi connectivity index (χ2v) is 6.94. The summed E-state index contributed by atoms with van der Waals surface area (Å²) in [5.74, 6) is 2.66. The number of rotatable bonds is 7. The molecule has 0 atom stereocenters. The highest BCUT2D eigenvalue weighted by atomic mass is 79.9. The molecule has 0 amide bonds. The van der Waals surface area contributed by atoms with Gasteiger partial charge in [0.25, 0.3) is 0 Å². The fourth-order valence-corrected chi connectivity index (χ4v) is 3.24. The zero-order valence-electron chi connectivity index (χ0n) is 11.7. The standard InChI is InChI=1S/C14H19BrN4S/c1-3-5-12-18-13(16-4-2)8-14(19-12)17-9-10-6-7-11(15)20-10/h6-8H,3-5,9H2,1-2H3,(H2,16,17,18,19). The second-order valence-electron chi connectivity index (χ2n) is 4.39. The van der Waals surface area contributed by atoms with Gasteiger partial charge in [0, 0.05) is 23.9 Å². The van der Waals surface area contributed by atoms with Gasteiger partial charge in [0.1, 0.15) is 17.5 Å². The molecule has 0 unspecified atom stereocenters. The first kappa shape index (κ1) is 15.3. The zero-order valence-corrected chi connectivity index (χ0v) is 14.1. The molecule has 0 bridgehead atoms. The van der Waals surface area contributed by atoms with E-state index in [9.17, 15) is 0 Å². The van der Waals surface area contributed by atoms with Gasteiger partial charge in [-0.05, 0) is 41.4 Å². The van der Waals surface area contributed by atoms with Gasteiger partial charge in [-0.25, -0.2) is 9.97 Å². The van der Waals surface area contributed by atoms with Gasteiger partial charge in [-0.3, -0.25) is 0 Å². The lowest BCUT2D eigenvalue weighted by molar-refractivity contribution is 0.834. The number of anilines is 2. The Morgan fingerprint density at radius 3 is 2.50 bits per heavy atom. The number of aryl methyl sites for hydroxylation is 1. The van der Waals surface area contributed by atoms with Crippen LogP contribution < -0.4 is 10.6 Å². The molecule has 2 heterocycles. The first-order valence-corrected chi connectivity index (χ1v) is 8.42. The van der Waals surface area contributed by atoms with Crippen molar-refractivity contribution in [2.75, 3.05) is 17.2 Å². The molecule has 6 heteroatoms. The number of halogens is 1. The van der Waals surface area contributed by atoms with Gasteiger partial charge >= 0.3 is 0 Å². The number of nitrogens with one attached hydrogen (secondary N) is 2. The van der Waals surface area contributed by atoms with E-state index in [2.05, 4.69) is 62.5 Å². The van der Waals surface area contributed by atoms with E-state index in [0.717, 1.165) is 47.2 Å².